The molecule has 0 amide bonds. The molecule has 0 aliphatic rings. The first-order valence-electron chi connectivity index (χ1n) is 12.3. The average Bonchev–Trinajstić information content (AvgIpc) is 2.85. The Hall–Kier alpha value is -2.92. The first-order chi connectivity index (χ1) is 15.8. The topological polar surface area (TPSA) is 25.8 Å². The summed E-state index contributed by atoms with van der Waals surface area (Å²) >= 11 is 0. The SMILES string of the molecule is CCCCC#Cc1ccc(-c2ccc(-c3ccc(CCCCCCCC)cc3)nc2)nc1. The molecule has 3 aromatic rings. The molecule has 0 radical (unpaired) electrons. The van der Waals surface area contributed by atoms with E-state index in [0.717, 1.165) is 40.9 Å². The molecule has 166 valence electrons. The summed E-state index contributed by atoms with van der Waals surface area (Å²) in [5.74, 6) is 6.40. The molecule has 0 saturated heterocycles. The van der Waals surface area contributed by atoms with Crippen LogP contribution in [0, 0.1) is 11.8 Å². The molecule has 0 atom stereocenters. The lowest BCUT2D eigenvalue weighted by molar-refractivity contribution is 0.607. The predicted molar refractivity (Wildman–Crippen MR) is 136 cm³/mol. The molecule has 0 bridgehead atoms. The van der Waals surface area contributed by atoms with Crippen molar-refractivity contribution in [2.45, 2.75) is 78.1 Å². The minimum absolute atomic E-state index is 0.928. The fraction of sp³-hybridized carbons (Fsp3) is 0.400. The van der Waals surface area contributed by atoms with Gasteiger partial charge in [-0.1, -0.05) is 88.5 Å². The monoisotopic (exact) mass is 424 g/mol. The van der Waals surface area contributed by atoms with Crippen molar-refractivity contribution < 1.29 is 0 Å². The predicted octanol–water partition coefficient (Wildman–Crippen LogP) is 8.26. The highest BCUT2D eigenvalue weighted by atomic mass is 14.7. The van der Waals surface area contributed by atoms with E-state index in [1.165, 1.54) is 56.9 Å². The normalized spacial score (nSPS) is 10.6. The first-order valence-corrected chi connectivity index (χ1v) is 12.3. The maximum absolute atomic E-state index is 4.68. The van der Waals surface area contributed by atoms with E-state index in [9.17, 15) is 0 Å². The summed E-state index contributed by atoms with van der Waals surface area (Å²) in [6.45, 7) is 4.45. The number of rotatable bonds is 11. The van der Waals surface area contributed by atoms with Gasteiger partial charge in [-0.05, 0) is 49.1 Å². The summed E-state index contributed by atoms with van der Waals surface area (Å²) < 4.78 is 0. The van der Waals surface area contributed by atoms with Crippen molar-refractivity contribution >= 4 is 0 Å². The van der Waals surface area contributed by atoms with Gasteiger partial charge in [-0.25, -0.2) is 0 Å². The van der Waals surface area contributed by atoms with Gasteiger partial charge in [0.25, 0.3) is 0 Å². The van der Waals surface area contributed by atoms with Crippen molar-refractivity contribution in [1.82, 2.24) is 9.97 Å². The third-order valence-electron chi connectivity index (χ3n) is 5.78. The van der Waals surface area contributed by atoms with Gasteiger partial charge in [0, 0.05) is 35.5 Å². The van der Waals surface area contributed by atoms with Crippen molar-refractivity contribution in [3.8, 4) is 34.4 Å². The zero-order valence-electron chi connectivity index (χ0n) is 19.7. The highest BCUT2D eigenvalue weighted by Crippen LogP contribution is 2.22. The smallest absolute Gasteiger partial charge is 0.0718 e. The van der Waals surface area contributed by atoms with E-state index in [1.807, 2.05) is 24.5 Å². The number of aryl methyl sites for hydroxylation is 1. The van der Waals surface area contributed by atoms with E-state index in [-0.39, 0.29) is 0 Å². The lowest BCUT2D eigenvalue weighted by Crippen LogP contribution is -1.90. The van der Waals surface area contributed by atoms with Gasteiger partial charge in [0.05, 0.1) is 11.4 Å². The minimum atomic E-state index is 0.928. The Balaban J connectivity index is 1.54. The Labute approximate surface area is 194 Å². The summed E-state index contributed by atoms with van der Waals surface area (Å²) in [4.78, 5) is 9.25. The quantitative estimate of drug-likeness (QED) is 0.229. The van der Waals surface area contributed by atoms with Crippen LogP contribution in [-0.2, 0) is 6.42 Å². The molecule has 0 N–H and O–H groups in total. The Morgan fingerprint density at radius 3 is 1.97 bits per heavy atom. The Morgan fingerprint density at radius 2 is 1.28 bits per heavy atom. The van der Waals surface area contributed by atoms with Gasteiger partial charge in [-0.15, -0.1) is 0 Å². The second-order valence-corrected chi connectivity index (χ2v) is 8.48. The molecule has 2 heteroatoms. The molecular weight excluding hydrogens is 388 g/mol. The molecule has 0 fully saturated rings. The number of benzene rings is 1. The van der Waals surface area contributed by atoms with Crippen LogP contribution in [0.5, 0.6) is 0 Å². The van der Waals surface area contributed by atoms with Crippen molar-refractivity contribution in [1.29, 1.82) is 0 Å². The number of hydrogen-bond donors (Lipinski definition) is 0. The number of unbranched alkanes of at least 4 members (excludes halogenated alkanes) is 7. The van der Waals surface area contributed by atoms with Crippen molar-refractivity contribution in [3.05, 3.63) is 72.1 Å². The lowest BCUT2D eigenvalue weighted by Gasteiger charge is -2.06. The Kier molecular flexibility index (Phi) is 10.0. The highest BCUT2D eigenvalue weighted by Gasteiger charge is 2.04. The summed E-state index contributed by atoms with van der Waals surface area (Å²) in [5, 5.41) is 0. The van der Waals surface area contributed by atoms with Crippen LogP contribution in [-0.4, -0.2) is 9.97 Å². The van der Waals surface area contributed by atoms with Crippen LogP contribution in [0.1, 0.15) is 82.8 Å². The molecule has 32 heavy (non-hydrogen) atoms. The van der Waals surface area contributed by atoms with Crippen molar-refractivity contribution in [3.63, 3.8) is 0 Å². The molecule has 0 unspecified atom stereocenters. The molecule has 0 aliphatic carbocycles. The van der Waals surface area contributed by atoms with E-state index in [1.54, 1.807) is 0 Å². The van der Waals surface area contributed by atoms with Crippen molar-refractivity contribution in [2.24, 2.45) is 0 Å². The van der Waals surface area contributed by atoms with E-state index >= 15 is 0 Å². The summed E-state index contributed by atoms with van der Waals surface area (Å²) in [7, 11) is 0. The lowest BCUT2D eigenvalue weighted by atomic mass is 10.0. The third kappa shape index (κ3) is 7.65. The van der Waals surface area contributed by atoms with Crippen LogP contribution >= 0.6 is 0 Å². The van der Waals surface area contributed by atoms with E-state index in [4.69, 9.17) is 0 Å². The third-order valence-corrected chi connectivity index (χ3v) is 5.78. The summed E-state index contributed by atoms with van der Waals surface area (Å²) in [6.07, 6.45) is 16.3. The maximum atomic E-state index is 4.68. The van der Waals surface area contributed by atoms with Crippen LogP contribution in [0.2, 0.25) is 0 Å². The van der Waals surface area contributed by atoms with E-state index in [2.05, 4.69) is 72.1 Å². The number of pyridine rings is 2. The average molecular weight is 425 g/mol. The van der Waals surface area contributed by atoms with Gasteiger partial charge in [-0.2, -0.15) is 0 Å². The minimum Gasteiger partial charge on any atom is -0.256 e. The van der Waals surface area contributed by atoms with Gasteiger partial charge < -0.3 is 0 Å². The number of nitrogens with zero attached hydrogens (tertiary/aromatic N) is 2. The summed E-state index contributed by atoms with van der Waals surface area (Å²) in [6, 6.07) is 17.1. The van der Waals surface area contributed by atoms with E-state index in [0.29, 0.717) is 0 Å². The van der Waals surface area contributed by atoms with Gasteiger partial charge in [-0.3, -0.25) is 9.97 Å². The number of aromatic nitrogens is 2. The molecular formula is C30H36N2. The van der Waals surface area contributed by atoms with Crippen molar-refractivity contribution in [2.75, 3.05) is 0 Å². The fourth-order valence-corrected chi connectivity index (χ4v) is 3.74. The Morgan fingerprint density at radius 1 is 0.625 bits per heavy atom. The molecule has 0 spiro atoms. The molecule has 0 saturated carbocycles. The van der Waals surface area contributed by atoms with Crippen LogP contribution in [0.3, 0.4) is 0 Å². The molecule has 3 rings (SSSR count). The highest BCUT2D eigenvalue weighted by molar-refractivity contribution is 5.65. The zero-order valence-corrected chi connectivity index (χ0v) is 19.7. The number of hydrogen-bond acceptors (Lipinski definition) is 2. The van der Waals surface area contributed by atoms with E-state index < -0.39 is 0 Å². The van der Waals surface area contributed by atoms with Gasteiger partial charge in [0.2, 0.25) is 0 Å². The molecule has 2 aromatic heterocycles. The van der Waals surface area contributed by atoms with Crippen LogP contribution < -0.4 is 0 Å². The first kappa shape index (κ1) is 23.7. The largest absolute Gasteiger partial charge is 0.256 e. The standard InChI is InChI=1S/C30H36N2/c1-3-5-7-9-10-12-13-25-15-18-27(19-16-25)29-22-20-28(24-32-29)30-21-17-26(23-31-30)14-11-8-6-4-2/h15-24H,3-10,12-13H2,1-2H3. The fourth-order valence-electron chi connectivity index (χ4n) is 3.74. The zero-order chi connectivity index (χ0) is 22.4. The second-order valence-electron chi connectivity index (χ2n) is 8.48. The molecule has 2 heterocycles. The summed E-state index contributed by atoms with van der Waals surface area (Å²) in [5.41, 5.74) is 6.50. The second kappa shape index (κ2) is 13.5. The molecule has 1 aromatic carbocycles. The maximum Gasteiger partial charge on any atom is 0.0718 e. The van der Waals surface area contributed by atoms with Gasteiger partial charge in [0.15, 0.2) is 0 Å². The van der Waals surface area contributed by atoms with Crippen LogP contribution in [0.4, 0.5) is 0 Å². The van der Waals surface area contributed by atoms with Gasteiger partial charge in [0.1, 0.15) is 0 Å². The van der Waals surface area contributed by atoms with Crippen LogP contribution in [0.15, 0.2) is 60.9 Å². The molecule has 0 aliphatic heterocycles. The Bertz CT molecular complexity index is 974. The van der Waals surface area contributed by atoms with Crippen LogP contribution in [0.25, 0.3) is 22.5 Å². The molecule has 2 nitrogen and oxygen atoms in total. The van der Waals surface area contributed by atoms with Gasteiger partial charge >= 0.3 is 0 Å².